The molecule has 2 aliphatic heterocycles. The fraction of sp³-hybridized carbons (Fsp3) is 0.435. The fourth-order valence-electron chi connectivity index (χ4n) is 4.32. The summed E-state index contributed by atoms with van der Waals surface area (Å²) in [6.45, 7) is 5.73. The van der Waals surface area contributed by atoms with Gasteiger partial charge in [-0.25, -0.2) is 0 Å². The molecule has 0 bridgehead atoms. The lowest BCUT2D eigenvalue weighted by atomic mass is 10.00. The first kappa shape index (κ1) is 20.2. The SMILES string of the molecule is CN1CCN([C@@H](CNC(=O)c2ccccc2Cl)c2ccc3c(c2)CCN3C)CC1. The van der Waals surface area contributed by atoms with Gasteiger partial charge in [-0.15, -0.1) is 0 Å². The number of anilines is 1. The zero-order valence-corrected chi connectivity index (χ0v) is 18.0. The van der Waals surface area contributed by atoms with Gasteiger partial charge in [-0.2, -0.15) is 0 Å². The van der Waals surface area contributed by atoms with E-state index in [-0.39, 0.29) is 11.9 Å². The number of nitrogens with zero attached hydrogens (tertiary/aromatic N) is 3. The average Bonchev–Trinajstić information content (AvgIpc) is 3.10. The van der Waals surface area contributed by atoms with Gasteiger partial charge in [0.2, 0.25) is 0 Å². The van der Waals surface area contributed by atoms with E-state index >= 15 is 0 Å². The number of carbonyl (C=O) groups excluding carboxylic acids is 1. The molecular formula is C23H29ClN4O. The smallest absolute Gasteiger partial charge is 0.252 e. The van der Waals surface area contributed by atoms with Crippen LogP contribution in [0.3, 0.4) is 0 Å². The number of hydrogen-bond donors (Lipinski definition) is 1. The van der Waals surface area contributed by atoms with Crippen molar-refractivity contribution in [2.75, 3.05) is 58.3 Å². The summed E-state index contributed by atoms with van der Waals surface area (Å²) in [5.41, 5.74) is 4.54. The zero-order chi connectivity index (χ0) is 20.4. The summed E-state index contributed by atoms with van der Waals surface area (Å²) < 4.78 is 0. The lowest BCUT2D eigenvalue weighted by Crippen LogP contribution is -2.48. The molecule has 2 aromatic rings. The van der Waals surface area contributed by atoms with Gasteiger partial charge in [-0.05, 0) is 42.8 Å². The van der Waals surface area contributed by atoms with Crippen molar-refractivity contribution in [2.45, 2.75) is 12.5 Å². The second-order valence-electron chi connectivity index (χ2n) is 8.10. The van der Waals surface area contributed by atoms with Crippen molar-refractivity contribution in [1.29, 1.82) is 0 Å². The molecule has 0 radical (unpaired) electrons. The van der Waals surface area contributed by atoms with E-state index in [4.69, 9.17) is 11.6 Å². The van der Waals surface area contributed by atoms with Crippen LogP contribution in [0.25, 0.3) is 0 Å². The minimum atomic E-state index is -0.115. The highest BCUT2D eigenvalue weighted by Gasteiger charge is 2.26. The molecule has 5 nitrogen and oxygen atoms in total. The Hall–Kier alpha value is -2.08. The van der Waals surface area contributed by atoms with Crippen LogP contribution in [0.5, 0.6) is 0 Å². The third kappa shape index (κ3) is 4.42. The molecule has 0 unspecified atom stereocenters. The van der Waals surface area contributed by atoms with Gasteiger partial charge in [-0.1, -0.05) is 35.9 Å². The molecule has 154 valence electrons. The number of halogens is 1. The Morgan fingerprint density at radius 1 is 1.07 bits per heavy atom. The second kappa shape index (κ2) is 8.74. The first-order chi connectivity index (χ1) is 14.0. The summed E-state index contributed by atoms with van der Waals surface area (Å²) in [6, 6.07) is 14.2. The van der Waals surface area contributed by atoms with Crippen molar-refractivity contribution in [3.8, 4) is 0 Å². The molecule has 2 aliphatic rings. The van der Waals surface area contributed by atoms with Crippen molar-refractivity contribution in [1.82, 2.24) is 15.1 Å². The molecule has 1 saturated heterocycles. The highest BCUT2D eigenvalue weighted by Crippen LogP contribution is 2.31. The maximum atomic E-state index is 12.7. The van der Waals surface area contributed by atoms with Crippen LogP contribution < -0.4 is 10.2 Å². The molecule has 0 aliphatic carbocycles. The number of hydrogen-bond acceptors (Lipinski definition) is 4. The lowest BCUT2D eigenvalue weighted by Gasteiger charge is -2.38. The van der Waals surface area contributed by atoms with Crippen LogP contribution in [0.4, 0.5) is 5.69 Å². The number of likely N-dealkylation sites (N-methyl/N-ethyl adjacent to an activating group) is 2. The lowest BCUT2D eigenvalue weighted by molar-refractivity contribution is 0.0886. The first-order valence-corrected chi connectivity index (χ1v) is 10.7. The Balaban J connectivity index is 1.54. The fourth-order valence-corrected chi connectivity index (χ4v) is 4.54. The van der Waals surface area contributed by atoms with E-state index < -0.39 is 0 Å². The Labute approximate surface area is 178 Å². The van der Waals surface area contributed by atoms with Crippen LogP contribution in [0.1, 0.15) is 27.5 Å². The number of benzene rings is 2. The molecule has 1 atom stereocenters. The third-order valence-corrected chi connectivity index (χ3v) is 6.50. The maximum Gasteiger partial charge on any atom is 0.252 e. The summed E-state index contributed by atoms with van der Waals surface area (Å²) in [5.74, 6) is -0.115. The van der Waals surface area contributed by atoms with Crippen molar-refractivity contribution >= 4 is 23.2 Å². The maximum absolute atomic E-state index is 12.7. The number of carbonyl (C=O) groups is 1. The molecule has 2 aromatic carbocycles. The number of rotatable bonds is 5. The second-order valence-corrected chi connectivity index (χ2v) is 8.51. The minimum absolute atomic E-state index is 0.115. The number of fused-ring (bicyclic) bond motifs is 1. The largest absolute Gasteiger partial charge is 0.374 e. The van der Waals surface area contributed by atoms with E-state index in [2.05, 4.69) is 52.3 Å². The Bertz CT molecular complexity index is 879. The predicted molar refractivity (Wildman–Crippen MR) is 119 cm³/mol. The van der Waals surface area contributed by atoms with E-state index in [1.165, 1.54) is 16.8 Å². The summed E-state index contributed by atoms with van der Waals surface area (Å²) in [6.07, 6.45) is 1.08. The number of nitrogens with one attached hydrogen (secondary N) is 1. The quantitative estimate of drug-likeness (QED) is 0.819. The van der Waals surface area contributed by atoms with E-state index in [1.807, 2.05) is 12.1 Å². The van der Waals surface area contributed by atoms with Gasteiger partial charge in [-0.3, -0.25) is 9.69 Å². The van der Waals surface area contributed by atoms with Crippen LogP contribution >= 0.6 is 11.6 Å². The van der Waals surface area contributed by atoms with Gasteiger partial charge in [0.05, 0.1) is 16.6 Å². The molecule has 2 heterocycles. The minimum Gasteiger partial charge on any atom is -0.374 e. The summed E-state index contributed by atoms with van der Waals surface area (Å²) >= 11 is 6.21. The van der Waals surface area contributed by atoms with E-state index in [0.717, 1.165) is 39.1 Å². The molecule has 29 heavy (non-hydrogen) atoms. The van der Waals surface area contributed by atoms with Crippen LogP contribution in [-0.2, 0) is 6.42 Å². The molecule has 1 amide bonds. The monoisotopic (exact) mass is 412 g/mol. The van der Waals surface area contributed by atoms with Gasteiger partial charge in [0, 0.05) is 52.0 Å². The summed E-state index contributed by atoms with van der Waals surface area (Å²) in [4.78, 5) is 19.9. The Morgan fingerprint density at radius 2 is 1.83 bits per heavy atom. The van der Waals surface area contributed by atoms with Crippen molar-refractivity contribution in [3.63, 3.8) is 0 Å². The number of piperazine rings is 1. The van der Waals surface area contributed by atoms with Gasteiger partial charge >= 0.3 is 0 Å². The normalized spacial score (nSPS) is 18.5. The molecule has 0 saturated carbocycles. The average molecular weight is 413 g/mol. The summed E-state index contributed by atoms with van der Waals surface area (Å²) in [5, 5.41) is 3.62. The first-order valence-electron chi connectivity index (χ1n) is 10.3. The van der Waals surface area contributed by atoms with E-state index in [9.17, 15) is 4.79 Å². The Morgan fingerprint density at radius 3 is 2.59 bits per heavy atom. The topological polar surface area (TPSA) is 38.8 Å². The standard InChI is InChI=1S/C23H29ClN4O/c1-26-11-13-28(14-12-26)22(16-25-23(29)19-5-3-4-6-20(19)24)17-7-8-21-18(15-17)9-10-27(21)2/h3-8,15,22H,9-14,16H2,1-2H3,(H,25,29)/t22-/m0/s1. The molecule has 1 N–H and O–H groups in total. The van der Waals surface area contributed by atoms with E-state index in [1.54, 1.807) is 12.1 Å². The van der Waals surface area contributed by atoms with Gasteiger partial charge in [0.15, 0.2) is 0 Å². The molecule has 6 heteroatoms. The van der Waals surface area contributed by atoms with E-state index in [0.29, 0.717) is 17.1 Å². The summed E-state index contributed by atoms with van der Waals surface area (Å²) in [7, 11) is 4.31. The zero-order valence-electron chi connectivity index (χ0n) is 17.2. The van der Waals surface area contributed by atoms with Gasteiger partial charge in [0.25, 0.3) is 5.91 Å². The van der Waals surface area contributed by atoms with Crippen LogP contribution in [-0.4, -0.2) is 69.1 Å². The van der Waals surface area contributed by atoms with Crippen LogP contribution in [0.2, 0.25) is 5.02 Å². The molecule has 0 spiro atoms. The predicted octanol–water partition coefficient (Wildman–Crippen LogP) is 3.05. The highest BCUT2D eigenvalue weighted by atomic mass is 35.5. The molecule has 4 rings (SSSR count). The number of amides is 1. The van der Waals surface area contributed by atoms with Gasteiger partial charge in [0.1, 0.15) is 0 Å². The van der Waals surface area contributed by atoms with Crippen molar-refractivity contribution < 1.29 is 4.79 Å². The van der Waals surface area contributed by atoms with Gasteiger partial charge < -0.3 is 15.1 Å². The molecule has 1 fully saturated rings. The third-order valence-electron chi connectivity index (χ3n) is 6.17. The molecule has 0 aromatic heterocycles. The molecular weight excluding hydrogens is 384 g/mol. The van der Waals surface area contributed by atoms with Crippen molar-refractivity contribution in [2.24, 2.45) is 0 Å². The highest BCUT2D eigenvalue weighted by molar-refractivity contribution is 6.33. The van der Waals surface area contributed by atoms with Crippen LogP contribution in [0, 0.1) is 0 Å². The Kier molecular flexibility index (Phi) is 6.09. The van der Waals surface area contributed by atoms with Crippen LogP contribution in [0.15, 0.2) is 42.5 Å². The van der Waals surface area contributed by atoms with Crippen molar-refractivity contribution in [3.05, 3.63) is 64.2 Å².